The van der Waals surface area contributed by atoms with Crippen LogP contribution in [-0.4, -0.2) is 41.1 Å². The summed E-state index contributed by atoms with van der Waals surface area (Å²) in [7, 11) is 0. The second kappa shape index (κ2) is 5.72. The van der Waals surface area contributed by atoms with Crippen molar-refractivity contribution in [2.24, 2.45) is 5.92 Å². The first-order valence-corrected chi connectivity index (χ1v) is 4.72. The van der Waals surface area contributed by atoms with Gasteiger partial charge in [-0.1, -0.05) is 13.8 Å². The van der Waals surface area contributed by atoms with Crippen molar-refractivity contribution >= 4 is 11.9 Å². The molecule has 0 rings (SSSR count). The summed E-state index contributed by atoms with van der Waals surface area (Å²) in [6.07, 6.45) is -5.44. The van der Waals surface area contributed by atoms with E-state index in [1.807, 2.05) is 0 Å². The van der Waals surface area contributed by atoms with E-state index in [0.29, 0.717) is 4.90 Å². The lowest BCUT2D eigenvalue weighted by Crippen LogP contribution is -2.43. The van der Waals surface area contributed by atoms with E-state index < -0.39 is 31.0 Å². The molecule has 0 aliphatic rings. The van der Waals surface area contributed by atoms with Gasteiger partial charge in [0.1, 0.15) is 0 Å². The zero-order chi connectivity index (χ0) is 12.9. The third-order valence-corrected chi connectivity index (χ3v) is 1.71. The van der Waals surface area contributed by atoms with Gasteiger partial charge in [-0.2, -0.15) is 13.2 Å². The van der Waals surface area contributed by atoms with Crippen molar-refractivity contribution in [3.05, 3.63) is 0 Å². The number of carbonyl (C=O) groups is 2. The normalized spacial score (nSPS) is 11.6. The standard InChI is InChI=1S/C9H14F3NO3/c1-6(2)5-13(4-3-7(14)15)8(16)9(10,11)12/h6H,3-5H2,1-2H3,(H,14,15). The minimum Gasteiger partial charge on any atom is -0.481 e. The van der Waals surface area contributed by atoms with Gasteiger partial charge < -0.3 is 10.0 Å². The average molecular weight is 241 g/mol. The van der Waals surface area contributed by atoms with Crippen LogP contribution in [0, 0.1) is 5.92 Å². The van der Waals surface area contributed by atoms with E-state index in [1.165, 1.54) is 0 Å². The maximum absolute atomic E-state index is 12.1. The second-order valence-electron chi connectivity index (χ2n) is 3.79. The third kappa shape index (κ3) is 5.57. The Balaban J connectivity index is 4.54. The number of carboxylic acid groups (broad SMARTS) is 1. The predicted octanol–water partition coefficient (Wildman–Crippen LogP) is 1.51. The van der Waals surface area contributed by atoms with Gasteiger partial charge in [-0.3, -0.25) is 9.59 Å². The van der Waals surface area contributed by atoms with E-state index in [4.69, 9.17) is 5.11 Å². The van der Waals surface area contributed by atoms with Crippen LogP contribution in [0.25, 0.3) is 0 Å². The predicted molar refractivity (Wildman–Crippen MR) is 49.7 cm³/mol. The molecule has 94 valence electrons. The highest BCUT2D eigenvalue weighted by Gasteiger charge is 2.42. The van der Waals surface area contributed by atoms with E-state index in [1.54, 1.807) is 13.8 Å². The lowest BCUT2D eigenvalue weighted by atomic mass is 10.2. The van der Waals surface area contributed by atoms with Crippen LogP contribution in [0.3, 0.4) is 0 Å². The number of carboxylic acids is 1. The highest BCUT2D eigenvalue weighted by molar-refractivity contribution is 5.82. The molecule has 0 radical (unpaired) electrons. The van der Waals surface area contributed by atoms with Crippen LogP contribution >= 0.6 is 0 Å². The summed E-state index contributed by atoms with van der Waals surface area (Å²) in [6.45, 7) is 2.77. The third-order valence-electron chi connectivity index (χ3n) is 1.71. The highest BCUT2D eigenvalue weighted by atomic mass is 19.4. The number of halogens is 3. The lowest BCUT2D eigenvalue weighted by molar-refractivity contribution is -0.186. The summed E-state index contributed by atoms with van der Waals surface area (Å²) in [6, 6.07) is 0. The quantitative estimate of drug-likeness (QED) is 0.793. The van der Waals surface area contributed by atoms with E-state index in [2.05, 4.69) is 0 Å². The van der Waals surface area contributed by atoms with Crippen LogP contribution in [0.5, 0.6) is 0 Å². The van der Waals surface area contributed by atoms with Gasteiger partial charge in [0.2, 0.25) is 0 Å². The number of alkyl halides is 3. The van der Waals surface area contributed by atoms with E-state index in [0.717, 1.165) is 0 Å². The van der Waals surface area contributed by atoms with Gasteiger partial charge in [0, 0.05) is 13.1 Å². The molecule has 1 N–H and O–H groups in total. The molecule has 0 aliphatic carbocycles. The highest BCUT2D eigenvalue weighted by Crippen LogP contribution is 2.19. The van der Waals surface area contributed by atoms with Crippen LogP contribution in [0.2, 0.25) is 0 Å². The van der Waals surface area contributed by atoms with E-state index in [9.17, 15) is 22.8 Å². The lowest BCUT2D eigenvalue weighted by Gasteiger charge is -2.24. The number of hydrogen-bond donors (Lipinski definition) is 1. The fraction of sp³-hybridized carbons (Fsp3) is 0.778. The van der Waals surface area contributed by atoms with Gasteiger partial charge in [0.05, 0.1) is 6.42 Å². The Labute approximate surface area is 91.0 Å². The molecular weight excluding hydrogens is 227 g/mol. The van der Waals surface area contributed by atoms with Gasteiger partial charge in [-0.05, 0) is 5.92 Å². The SMILES string of the molecule is CC(C)CN(CCC(=O)O)C(=O)C(F)(F)F. The van der Waals surface area contributed by atoms with Gasteiger partial charge in [0.15, 0.2) is 0 Å². The van der Waals surface area contributed by atoms with Gasteiger partial charge in [-0.25, -0.2) is 0 Å². The van der Waals surface area contributed by atoms with Gasteiger partial charge in [0.25, 0.3) is 0 Å². The summed E-state index contributed by atoms with van der Waals surface area (Å²) in [5, 5.41) is 8.36. The average Bonchev–Trinajstić information content (AvgIpc) is 2.08. The Morgan fingerprint density at radius 1 is 1.31 bits per heavy atom. The van der Waals surface area contributed by atoms with Crippen molar-refractivity contribution in [3.8, 4) is 0 Å². The fourth-order valence-electron chi connectivity index (χ4n) is 1.13. The Hall–Kier alpha value is -1.27. The van der Waals surface area contributed by atoms with E-state index in [-0.39, 0.29) is 12.5 Å². The molecule has 4 nitrogen and oxygen atoms in total. The van der Waals surface area contributed by atoms with E-state index >= 15 is 0 Å². The van der Waals surface area contributed by atoms with Crippen LogP contribution in [-0.2, 0) is 9.59 Å². The Morgan fingerprint density at radius 3 is 2.12 bits per heavy atom. The Kier molecular flexibility index (Phi) is 5.26. The fourth-order valence-corrected chi connectivity index (χ4v) is 1.13. The summed E-state index contributed by atoms with van der Waals surface area (Å²) in [4.78, 5) is 21.7. The second-order valence-corrected chi connectivity index (χ2v) is 3.79. The van der Waals surface area contributed by atoms with Crippen molar-refractivity contribution in [1.82, 2.24) is 4.90 Å². The summed E-state index contributed by atoms with van der Waals surface area (Å²) in [5.74, 6) is -3.37. The monoisotopic (exact) mass is 241 g/mol. The van der Waals surface area contributed by atoms with Crippen LogP contribution in [0.4, 0.5) is 13.2 Å². The number of aliphatic carboxylic acids is 1. The molecule has 0 saturated carbocycles. The molecule has 0 fully saturated rings. The summed E-state index contributed by atoms with van der Waals surface area (Å²) < 4.78 is 36.4. The zero-order valence-electron chi connectivity index (χ0n) is 9.04. The zero-order valence-corrected chi connectivity index (χ0v) is 9.04. The summed E-state index contributed by atoms with van der Waals surface area (Å²) in [5.41, 5.74) is 0. The molecule has 0 aromatic carbocycles. The largest absolute Gasteiger partial charge is 0.481 e. The van der Waals surface area contributed by atoms with Crippen LogP contribution in [0.1, 0.15) is 20.3 Å². The minimum absolute atomic E-state index is 0.106. The van der Waals surface area contributed by atoms with Crippen LogP contribution in [0.15, 0.2) is 0 Å². The van der Waals surface area contributed by atoms with Crippen molar-refractivity contribution in [3.63, 3.8) is 0 Å². The van der Waals surface area contributed by atoms with Crippen molar-refractivity contribution < 1.29 is 27.9 Å². The first kappa shape index (κ1) is 14.7. The number of carbonyl (C=O) groups excluding carboxylic acids is 1. The minimum atomic E-state index is -4.95. The molecular formula is C9H14F3NO3. The van der Waals surface area contributed by atoms with Crippen LogP contribution < -0.4 is 0 Å². The molecule has 0 aromatic heterocycles. The first-order valence-electron chi connectivity index (χ1n) is 4.72. The first-order chi connectivity index (χ1) is 7.14. The molecule has 0 aromatic rings. The molecule has 0 saturated heterocycles. The molecule has 0 unspecified atom stereocenters. The molecule has 0 spiro atoms. The maximum Gasteiger partial charge on any atom is 0.471 e. The Bertz CT molecular complexity index is 263. The van der Waals surface area contributed by atoms with Crippen molar-refractivity contribution in [2.75, 3.05) is 13.1 Å². The molecule has 0 heterocycles. The van der Waals surface area contributed by atoms with Crippen molar-refractivity contribution in [1.29, 1.82) is 0 Å². The smallest absolute Gasteiger partial charge is 0.471 e. The van der Waals surface area contributed by atoms with Crippen molar-refractivity contribution in [2.45, 2.75) is 26.4 Å². The molecule has 0 bridgehead atoms. The number of rotatable bonds is 5. The molecule has 1 amide bonds. The Morgan fingerprint density at radius 2 is 1.81 bits per heavy atom. The molecule has 16 heavy (non-hydrogen) atoms. The maximum atomic E-state index is 12.1. The number of nitrogens with zero attached hydrogens (tertiary/aromatic N) is 1. The topological polar surface area (TPSA) is 57.6 Å². The number of amides is 1. The number of hydrogen-bond acceptors (Lipinski definition) is 2. The molecule has 0 atom stereocenters. The summed E-state index contributed by atoms with van der Waals surface area (Å²) >= 11 is 0. The van der Waals surface area contributed by atoms with Gasteiger partial charge in [-0.15, -0.1) is 0 Å². The van der Waals surface area contributed by atoms with Gasteiger partial charge >= 0.3 is 18.1 Å². The molecule has 0 aliphatic heterocycles. The molecule has 7 heteroatoms.